The SMILES string of the molecule is Cc1ccc(NC(=O)/C(C#N)=C/c2ccc(OCc3ccc(Br)cc3)c(I)c2)cc1C. The minimum absolute atomic E-state index is 0.0394. The van der Waals surface area contributed by atoms with Crippen molar-refractivity contribution in [1.82, 2.24) is 0 Å². The Kier molecular flexibility index (Phi) is 7.88. The minimum atomic E-state index is -0.434. The molecule has 1 N–H and O–H groups in total. The monoisotopic (exact) mass is 586 g/mol. The molecular formula is C25H20BrIN2O2. The second kappa shape index (κ2) is 10.6. The fraction of sp³-hybridized carbons (Fsp3) is 0.120. The molecule has 0 heterocycles. The summed E-state index contributed by atoms with van der Waals surface area (Å²) in [6.45, 7) is 4.45. The second-order valence-electron chi connectivity index (χ2n) is 7.03. The molecule has 0 aliphatic heterocycles. The lowest BCUT2D eigenvalue weighted by molar-refractivity contribution is -0.112. The maximum absolute atomic E-state index is 12.5. The van der Waals surface area contributed by atoms with E-state index in [0.29, 0.717) is 12.3 Å². The Bertz CT molecular complexity index is 1180. The van der Waals surface area contributed by atoms with Crippen molar-refractivity contribution in [1.29, 1.82) is 5.26 Å². The highest BCUT2D eigenvalue weighted by Gasteiger charge is 2.11. The Morgan fingerprint density at radius 1 is 1.10 bits per heavy atom. The van der Waals surface area contributed by atoms with Gasteiger partial charge in [0.05, 0.1) is 3.57 Å². The van der Waals surface area contributed by atoms with Crippen LogP contribution in [0.5, 0.6) is 5.75 Å². The van der Waals surface area contributed by atoms with E-state index in [-0.39, 0.29) is 5.57 Å². The molecule has 156 valence electrons. The predicted molar refractivity (Wildman–Crippen MR) is 136 cm³/mol. The number of anilines is 1. The van der Waals surface area contributed by atoms with Crippen LogP contribution in [0.1, 0.15) is 22.3 Å². The molecule has 0 spiro atoms. The fourth-order valence-corrected chi connectivity index (χ4v) is 3.76. The van der Waals surface area contributed by atoms with Crippen LogP contribution in [0.2, 0.25) is 0 Å². The summed E-state index contributed by atoms with van der Waals surface area (Å²) in [6, 6.07) is 21.2. The minimum Gasteiger partial charge on any atom is -0.488 e. The first-order valence-electron chi connectivity index (χ1n) is 9.53. The summed E-state index contributed by atoms with van der Waals surface area (Å²) >= 11 is 5.61. The van der Waals surface area contributed by atoms with E-state index in [9.17, 15) is 10.1 Å². The van der Waals surface area contributed by atoms with Gasteiger partial charge in [0.25, 0.3) is 5.91 Å². The molecule has 6 heteroatoms. The van der Waals surface area contributed by atoms with Crippen LogP contribution in [0.25, 0.3) is 6.08 Å². The molecule has 0 unspecified atom stereocenters. The van der Waals surface area contributed by atoms with Crippen LogP contribution in [0.3, 0.4) is 0 Å². The van der Waals surface area contributed by atoms with Gasteiger partial charge in [-0.3, -0.25) is 4.79 Å². The van der Waals surface area contributed by atoms with Crippen LogP contribution in [0.4, 0.5) is 5.69 Å². The van der Waals surface area contributed by atoms with Gasteiger partial charge < -0.3 is 10.1 Å². The van der Waals surface area contributed by atoms with E-state index >= 15 is 0 Å². The van der Waals surface area contributed by atoms with Crippen LogP contribution < -0.4 is 10.1 Å². The highest BCUT2D eigenvalue weighted by molar-refractivity contribution is 14.1. The molecule has 3 aromatic rings. The largest absolute Gasteiger partial charge is 0.488 e. The van der Waals surface area contributed by atoms with E-state index in [0.717, 1.165) is 36.0 Å². The number of benzene rings is 3. The topological polar surface area (TPSA) is 62.1 Å². The van der Waals surface area contributed by atoms with Crippen molar-refractivity contribution in [3.63, 3.8) is 0 Å². The van der Waals surface area contributed by atoms with Crippen LogP contribution in [-0.4, -0.2) is 5.91 Å². The lowest BCUT2D eigenvalue weighted by Gasteiger charge is -2.10. The zero-order valence-corrected chi connectivity index (χ0v) is 20.8. The van der Waals surface area contributed by atoms with E-state index in [1.165, 1.54) is 0 Å². The first-order valence-corrected chi connectivity index (χ1v) is 11.4. The molecular weight excluding hydrogens is 567 g/mol. The molecule has 0 fully saturated rings. The third kappa shape index (κ3) is 6.42. The number of aryl methyl sites for hydroxylation is 2. The summed E-state index contributed by atoms with van der Waals surface area (Å²) in [5, 5.41) is 12.3. The summed E-state index contributed by atoms with van der Waals surface area (Å²) < 4.78 is 7.83. The summed E-state index contributed by atoms with van der Waals surface area (Å²) in [5.41, 5.74) is 4.75. The fourth-order valence-electron chi connectivity index (χ4n) is 2.80. The van der Waals surface area contributed by atoms with E-state index in [1.54, 1.807) is 6.08 Å². The molecule has 1 amide bonds. The Morgan fingerprint density at radius 2 is 1.84 bits per heavy atom. The van der Waals surface area contributed by atoms with Gasteiger partial charge in [-0.25, -0.2) is 0 Å². The number of nitrogens with zero attached hydrogens (tertiary/aromatic N) is 1. The smallest absolute Gasteiger partial charge is 0.266 e. The second-order valence-corrected chi connectivity index (χ2v) is 9.11. The van der Waals surface area contributed by atoms with Crippen LogP contribution in [0.15, 0.2) is 70.7 Å². The van der Waals surface area contributed by atoms with E-state index < -0.39 is 5.91 Å². The maximum Gasteiger partial charge on any atom is 0.266 e. The van der Waals surface area contributed by atoms with Gasteiger partial charge >= 0.3 is 0 Å². The summed E-state index contributed by atoms with van der Waals surface area (Å²) in [5.74, 6) is 0.315. The lowest BCUT2D eigenvalue weighted by atomic mass is 10.1. The average Bonchev–Trinajstić information content (AvgIpc) is 2.75. The molecule has 0 aromatic heterocycles. The Morgan fingerprint density at radius 3 is 2.48 bits per heavy atom. The number of amides is 1. The maximum atomic E-state index is 12.5. The van der Waals surface area contributed by atoms with Crippen molar-refractivity contribution < 1.29 is 9.53 Å². The van der Waals surface area contributed by atoms with E-state index in [2.05, 4.69) is 43.8 Å². The van der Waals surface area contributed by atoms with Gasteiger partial charge in [0.15, 0.2) is 0 Å². The first kappa shape index (κ1) is 23.0. The lowest BCUT2D eigenvalue weighted by Crippen LogP contribution is -2.13. The molecule has 4 nitrogen and oxygen atoms in total. The Hall–Kier alpha value is -2.63. The molecule has 3 rings (SSSR count). The number of ether oxygens (including phenoxy) is 1. The zero-order chi connectivity index (χ0) is 22.4. The molecule has 0 atom stereocenters. The van der Waals surface area contributed by atoms with Crippen molar-refractivity contribution in [2.45, 2.75) is 20.5 Å². The van der Waals surface area contributed by atoms with Crippen LogP contribution >= 0.6 is 38.5 Å². The van der Waals surface area contributed by atoms with Crippen molar-refractivity contribution in [3.05, 3.63) is 96.5 Å². The first-order chi connectivity index (χ1) is 14.9. The van der Waals surface area contributed by atoms with Gasteiger partial charge in [-0.15, -0.1) is 0 Å². The van der Waals surface area contributed by atoms with E-state index in [1.807, 2.05) is 80.6 Å². The van der Waals surface area contributed by atoms with E-state index in [4.69, 9.17) is 4.74 Å². The number of carbonyl (C=O) groups excluding carboxylic acids is 1. The molecule has 31 heavy (non-hydrogen) atoms. The van der Waals surface area contributed by atoms with Gasteiger partial charge in [0, 0.05) is 10.2 Å². The van der Waals surface area contributed by atoms with Crippen LogP contribution in [-0.2, 0) is 11.4 Å². The number of rotatable bonds is 6. The van der Waals surface area contributed by atoms with Gasteiger partial charge in [-0.2, -0.15) is 5.26 Å². The molecule has 0 saturated carbocycles. The summed E-state index contributed by atoms with van der Waals surface area (Å²) in [4.78, 5) is 12.5. The molecule has 0 aliphatic rings. The van der Waals surface area contributed by atoms with Gasteiger partial charge in [0.1, 0.15) is 24.0 Å². The van der Waals surface area contributed by atoms with Gasteiger partial charge in [0.2, 0.25) is 0 Å². The summed E-state index contributed by atoms with van der Waals surface area (Å²) in [6.07, 6.45) is 1.58. The Balaban J connectivity index is 1.70. The highest BCUT2D eigenvalue weighted by atomic mass is 127. The van der Waals surface area contributed by atoms with Crippen LogP contribution in [0, 0.1) is 28.7 Å². The number of nitriles is 1. The Labute approximate surface area is 204 Å². The third-order valence-electron chi connectivity index (χ3n) is 4.70. The molecule has 0 saturated heterocycles. The average molecular weight is 587 g/mol. The molecule has 0 aliphatic carbocycles. The summed E-state index contributed by atoms with van der Waals surface area (Å²) in [7, 11) is 0. The van der Waals surface area contributed by atoms with Crippen molar-refractivity contribution >= 4 is 56.2 Å². The number of carbonyl (C=O) groups is 1. The molecule has 3 aromatic carbocycles. The standard InChI is InChI=1S/C25H20BrIN2O2/c1-16-3-9-22(11-17(16)2)29-25(30)20(14-28)12-19-6-10-24(23(27)13-19)31-15-18-4-7-21(26)8-5-18/h3-13H,15H2,1-2H3,(H,29,30)/b20-12+. The predicted octanol–water partition coefficient (Wildman–Crippen LogP) is 6.80. The number of hydrogen-bond donors (Lipinski definition) is 1. The van der Waals surface area contributed by atoms with Gasteiger partial charge in [-0.05, 0) is 101 Å². The van der Waals surface area contributed by atoms with Crippen molar-refractivity contribution in [3.8, 4) is 11.8 Å². The van der Waals surface area contributed by atoms with Crippen molar-refractivity contribution in [2.75, 3.05) is 5.32 Å². The number of halogens is 2. The highest BCUT2D eigenvalue weighted by Crippen LogP contribution is 2.25. The van der Waals surface area contributed by atoms with Crippen molar-refractivity contribution in [2.24, 2.45) is 0 Å². The number of hydrogen-bond acceptors (Lipinski definition) is 3. The normalized spacial score (nSPS) is 11.0. The molecule has 0 radical (unpaired) electrons. The quantitative estimate of drug-likeness (QED) is 0.196. The third-order valence-corrected chi connectivity index (χ3v) is 6.08. The van der Waals surface area contributed by atoms with Gasteiger partial charge in [-0.1, -0.05) is 40.2 Å². The zero-order valence-electron chi connectivity index (χ0n) is 17.1. The molecule has 0 bridgehead atoms. The number of nitrogens with one attached hydrogen (secondary N) is 1.